The fraction of sp³-hybridized carbons (Fsp3) is 0.412. The average Bonchev–Trinajstić information content (AvgIpc) is 3.04. The lowest BCUT2D eigenvalue weighted by atomic mass is 10.1. The second-order valence-corrected chi connectivity index (χ2v) is 5.86. The normalized spacial score (nSPS) is 17.1. The van der Waals surface area contributed by atoms with Gasteiger partial charge in [-0.25, -0.2) is 0 Å². The summed E-state index contributed by atoms with van der Waals surface area (Å²) in [6.45, 7) is 2.68. The summed E-state index contributed by atoms with van der Waals surface area (Å²) in [6, 6.07) is 6.87. The molecule has 26 heavy (non-hydrogen) atoms. The summed E-state index contributed by atoms with van der Waals surface area (Å²) in [5, 5.41) is 12.7. The highest BCUT2D eigenvalue weighted by molar-refractivity contribution is 5.97. The van der Waals surface area contributed by atoms with E-state index >= 15 is 0 Å². The number of carboxylic acid groups (broad SMARTS) is 1. The van der Waals surface area contributed by atoms with Gasteiger partial charge in [-0.05, 0) is 12.1 Å². The molecule has 0 radical (unpaired) electrons. The number of morpholine rings is 1. The number of aliphatic carboxylic acids is 1. The van der Waals surface area contributed by atoms with Crippen LogP contribution in [0.1, 0.15) is 28.5 Å². The van der Waals surface area contributed by atoms with Crippen LogP contribution in [0.3, 0.4) is 0 Å². The van der Waals surface area contributed by atoms with Crippen molar-refractivity contribution in [2.45, 2.75) is 26.1 Å². The molecule has 0 spiro atoms. The van der Waals surface area contributed by atoms with Crippen molar-refractivity contribution in [2.75, 3.05) is 19.7 Å². The standard InChI is InChI=1S/C17H19N3O6/c1-11-18-15(19-26-11)10-25-14-5-3-2-4-13(14)17(23)20-6-7-24-12(9-20)8-16(21)22/h2-5,12H,6-10H2,1H3,(H,21,22)/t12-/m1/s1. The minimum absolute atomic E-state index is 0.0758. The molecule has 9 nitrogen and oxygen atoms in total. The lowest BCUT2D eigenvalue weighted by molar-refractivity contribution is -0.141. The van der Waals surface area contributed by atoms with E-state index in [1.165, 1.54) is 0 Å². The Labute approximate surface area is 149 Å². The van der Waals surface area contributed by atoms with E-state index in [9.17, 15) is 9.59 Å². The van der Waals surface area contributed by atoms with Crippen LogP contribution < -0.4 is 4.74 Å². The largest absolute Gasteiger partial charge is 0.485 e. The molecule has 9 heteroatoms. The molecule has 1 aromatic heterocycles. The Bertz CT molecular complexity index is 790. The van der Waals surface area contributed by atoms with E-state index in [1.807, 2.05) is 0 Å². The molecule has 3 rings (SSSR count). The van der Waals surface area contributed by atoms with Crippen LogP contribution in [0.2, 0.25) is 0 Å². The van der Waals surface area contributed by atoms with Crippen molar-refractivity contribution >= 4 is 11.9 Å². The lowest BCUT2D eigenvalue weighted by Gasteiger charge is -2.32. The van der Waals surface area contributed by atoms with Gasteiger partial charge in [0.1, 0.15) is 5.75 Å². The first kappa shape index (κ1) is 17.9. The van der Waals surface area contributed by atoms with Crippen LogP contribution in [-0.2, 0) is 16.1 Å². The van der Waals surface area contributed by atoms with Crippen molar-refractivity contribution in [2.24, 2.45) is 0 Å². The van der Waals surface area contributed by atoms with Gasteiger partial charge >= 0.3 is 5.97 Å². The van der Waals surface area contributed by atoms with Crippen LogP contribution in [0.4, 0.5) is 0 Å². The zero-order chi connectivity index (χ0) is 18.5. The van der Waals surface area contributed by atoms with Crippen molar-refractivity contribution in [3.05, 3.63) is 41.5 Å². The number of aromatic nitrogens is 2. The summed E-state index contributed by atoms with van der Waals surface area (Å²) in [4.78, 5) is 29.4. The molecule has 1 aromatic carbocycles. The van der Waals surface area contributed by atoms with Crippen LogP contribution in [0.5, 0.6) is 5.75 Å². The highest BCUT2D eigenvalue weighted by Gasteiger charge is 2.28. The zero-order valence-electron chi connectivity index (χ0n) is 14.3. The molecule has 2 aromatic rings. The number of hydrogen-bond donors (Lipinski definition) is 1. The first-order valence-corrected chi connectivity index (χ1v) is 8.16. The molecule has 1 amide bonds. The zero-order valence-corrected chi connectivity index (χ0v) is 14.3. The van der Waals surface area contributed by atoms with Crippen LogP contribution >= 0.6 is 0 Å². The monoisotopic (exact) mass is 361 g/mol. The lowest BCUT2D eigenvalue weighted by Crippen LogP contribution is -2.46. The van der Waals surface area contributed by atoms with Crippen molar-refractivity contribution < 1.29 is 28.7 Å². The number of carboxylic acids is 1. The van der Waals surface area contributed by atoms with Crippen LogP contribution in [-0.4, -0.2) is 57.8 Å². The number of hydrogen-bond acceptors (Lipinski definition) is 7. The number of carbonyl (C=O) groups excluding carboxylic acids is 1. The molecular weight excluding hydrogens is 342 g/mol. The summed E-state index contributed by atoms with van der Waals surface area (Å²) < 4.78 is 16.0. The van der Waals surface area contributed by atoms with Gasteiger partial charge in [0.25, 0.3) is 5.91 Å². The molecule has 0 bridgehead atoms. The predicted molar refractivity (Wildman–Crippen MR) is 87.7 cm³/mol. The Kier molecular flexibility index (Phi) is 5.47. The first-order valence-electron chi connectivity index (χ1n) is 8.16. The average molecular weight is 361 g/mol. The fourth-order valence-electron chi connectivity index (χ4n) is 2.70. The third-order valence-electron chi connectivity index (χ3n) is 3.87. The van der Waals surface area contributed by atoms with Gasteiger partial charge in [0.2, 0.25) is 11.7 Å². The second kappa shape index (κ2) is 7.96. The van der Waals surface area contributed by atoms with Crippen molar-refractivity contribution in [3.8, 4) is 5.75 Å². The van der Waals surface area contributed by atoms with Gasteiger partial charge in [-0.15, -0.1) is 0 Å². The van der Waals surface area contributed by atoms with E-state index in [0.29, 0.717) is 36.2 Å². The molecule has 1 saturated heterocycles. The van der Waals surface area contributed by atoms with E-state index < -0.39 is 12.1 Å². The van der Waals surface area contributed by atoms with Gasteiger partial charge in [-0.2, -0.15) is 4.98 Å². The first-order chi connectivity index (χ1) is 12.5. The van der Waals surface area contributed by atoms with Gasteiger partial charge in [-0.3, -0.25) is 9.59 Å². The maximum absolute atomic E-state index is 12.9. The van der Waals surface area contributed by atoms with E-state index in [-0.39, 0.29) is 25.5 Å². The molecule has 1 atom stereocenters. The maximum Gasteiger partial charge on any atom is 0.306 e. The van der Waals surface area contributed by atoms with Crippen LogP contribution in [0.15, 0.2) is 28.8 Å². The molecule has 0 saturated carbocycles. The number of amides is 1. The summed E-state index contributed by atoms with van der Waals surface area (Å²) in [6.07, 6.45) is -0.653. The highest BCUT2D eigenvalue weighted by atomic mass is 16.5. The van der Waals surface area contributed by atoms with E-state index in [2.05, 4.69) is 10.1 Å². The number of carbonyl (C=O) groups is 2. The maximum atomic E-state index is 12.9. The second-order valence-electron chi connectivity index (χ2n) is 5.86. The van der Waals surface area contributed by atoms with E-state index in [1.54, 1.807) is 36.1 Å². The molecule has 1 fully saturated rings. The van der Waals surface area contributed by atoms with Crippen molar-refractivity contribution in [1.82, 2.24) is 15.0 Å². The van der Waals surface area contributed by atoms with Gasteiger partial charge in [0.15, 0.2) is 6.61 Å². The Balaban J connectivity index is 1.69. The predicted octanol–water partition coefficient (Wildman–Crippen LogP) is 1.27. The third kappa shape index (κ3) is 4.37. The molecule has 2 heterocycles. The molecule has 0 unspecified atom stereocenters. The number of benzene rings is 1. The quantitative estimate of drug-likeness (QED) is 0.818. The van der Waals surface area contributed by atoms with Crippen molar-refractivity contribution in [3.63, 3.8) is 0 Å². The van der Waals surface area contributed by atoms with Crippen LogP contribution in [0, 0.1) is 6.92 Å². The third-order valence-corrected chi connectivity index (χ3v) is 3.87. The number of para-hydroxylation sites is 1. The summed E-state index contributed by atoms with van der Waals surface area (Å²) in [5.74, 6) is 0.0386. The molecule has 0 aliphatic carbocycles. The minimum Gasteiger partial charge on any atom is -0.485 e. The Morgan fingerprint density at radius 2 is 2.19 bits per heavy atom. The minimum atomic E-state index is -0.955. The SMILES string of the molecule is Cc1nc(COc2ccccc2C(=O)N2CCO[C@H](CC(=O)O)C2)no1. The molecular formula is C17H19N3O6. The van der Waals surface area contributed by atoms with Gasteiger partial charge < -0.3 is 24.0 Å². The van der Waals surface area contributed by atoms with E-state index in [0.717, 1.165) is 0 Å². The topological polar surface area (TPSA) is 115 Å². The summed E-state index contributed by atoms with van der Waals surface area (Å²) >= 11 is 0. The van der Waals surface area contributed by atoms with Gasteiger partial charge in [0, 0.05) is 20.0 Å². The van der Waals surface area contributed by atoms with Crippen molar-refractivity contribution in [1.29, 1.82) is 0 Å². The number of aryl methyl sites for hydroxylation is 1. The summed E-state index contributed by atoms with van der Waals surface area (Å²) in [5.41, 5.74) is 0.392. The highest BCUT2D eigenvalue weighted by Crippen LogP contribution is 2.22. The van der Waals surface area contributed by atoms with E-state index in [4.69, 9.17) is 19.1 Å². The molecule has 138 valence electrons. The molecule has 1 aliphatic rings. The fourth-order valence-corrected chi connectivity index (χ4v) is 2.70. The van der Waals surface area contributed by atoms with Gasteiger partial charge in [-0.1, -0.05) is 17.3 Å². The summed E-state index contributed by atoms with van der Waals surface area (Å²) in [7, 11) is 0. The number of nitrogens with zero attached hydrogens (tertiary/aromatic N) is 3. The number of ether oxygens (including phenoxy) is 2. The Morgan fingerprint density at radius 1 is 1.38 bits per heavy atom. The van der Waals surface area contributed by atoms with Gasteiger partial charge in [0.05, 0.1) is 24.7 Å². The molecule has 1 N–H and O–H groups in total. The number of rotatable bonds is 6. The smallest absolute Gasteiger partial charge is 0.306 e. The Hall–Kier alpha value is -2.94. The Morgan fingerprint density at radius 3 is 2.92 bits per heavy atom. The van der Waals surface area contributed by atoms with Crippen LogP contribution in [0.25, 0.3) is 0 Å². The molecule has 1 aliphatic heterocycles.